The Morgan fingerprint density at radius 3 is 2.83 bits per heavy atom. The van der Waals surface area contributed by atoms with Crippen molar-refractivity contribution < 1.29 is 23.1 Å². The van der Waals surface area contributed by atoms with Crippen LogP contribution in [0.15, 0.2) is 6.33 Å². The van der Waals surface area contributed by atoms with Crippen LogP contribution in [0.4, 0.5) is 10.2 Å². The molecule has 3 heterocycles. The molecule has 4 atom stereocenters. The lowest BCUT2D eigenvalue weighted by atomic mass is 9.98. The molecule has 2 aromatic heterocycles. The number of nitrogens with two attached hydrogens (primary N) is 1. The summed E-state index contributed by atoms with van der Waals surface area (Å²) in [6, 6.07) is 0. The summed E-state index contributed by atoms with van der Waals surface area (Å²) in [7, 11) is -1.62. The summed E-state index contributed by atoms with van der Waals surface area (Å²) in [4.78, 5) is 23.1. The molecule has 0 amide bonds. The van der Waals surface area contributed by atoms with E-state index in [0.29, 0.717) is 0 Å². The van der Waals surface area contributed by atoms with Gasteiger partial charge < -0.3 is 19.6 Å². The first kappa shape index (κ1) is 22.1. The van der Waals surface area contributed by atoms with Gasteiger partial charge in [-0.15, -0.1) is 6.42 Å². The van der Waals surface area contributed by atoms with Gasteiger partial charge in [-0.25, -0.2) is 4.98 Å². The Kier molecular flexibility index (Phi) is 5.86. The van der Waals surface area contributed by atoms with Crippen LogP contribution in [0.2, 0.25) is 11.6 Å². The summed E-state index contributed by atoms with van der Waals surface area (Å²) < 4.78 is 33.1. The lowest BCUT2D eigenvalue weighted by Crippen LogP contribution is -2.46. The number of carbonyl (C=O) groups is 1. The van der Waals surface area contributed by atoms with E-state index in [2.05, 4.69) is 48.2 Å². The number of carbonyl (C=O) groups excluding carboxylic acids is 1. The zero-order valence-electron chi connectivity index (χ0n) is 17.7. The maximum Gasteiger partial charge on any atom is 0.312 e. The molecule has 3 rings (SSSR count). The molecule has 1 aliphatic rings. The van der Waals surface area contributed by atoms with Crippen LogP contribution < -0.4 is 5.73 Å². The number of imidazole rings is 1. The maximum atomic E-state index is 13.7. The largest absolute Gasteiger partial charge is 0.458 e. The highest BCUT2D eigenvalue weighted by Gasteiger charge is 2.51. The van der Waals surface area contributed by atoms with Gasteiger partial charge in [-0.2, -0.15) is 14.4 Å². The molecule has 162 valence electrons. The van der Waals surface area contributed by atoms with E-state index in [1.54, 1.807) is 0 Å². The Hall–Kier alpha value is -2.55. The number of rotatable bonds is 5. The lowest BCUT2D eigenvalue weighted by molar-refractivity contribution is -0.155. The number of halogens is 1. The number of ether oxygens (including phenoxy) is 2. The molecule has 1 saturated heterocycles. The zero-order valence-corrected chi connectivity index (χ0v) is 18.8. The van der Waals surface area contributed by atoms with Crippen molar-refractivity contribution in [3.8, 4) is 12.3 Å². The molecule has 0 saturated carbocycles. The summed E-state index contributed by atoms with van der Waals surface area (Å²) in [5.41, 5.74) is 4.85. The molecule has 30 heavy (non-hydrogen) atoms. The Morgan fingerprint density at radius 2 is 2.23 bits per heavy atom. The average Bonchev–Trinajstić information content (AvgIpc) is 3.20. The predicted octanol–water partition coefficient (Wildman–Crippen LogP) is 1.94. The van der Waals surface area contributed by atoms with Gasteiger partial charge in [0.25, 0.3) is 0 Å². The molecule has 2 aromatic rings. The second kappa shape index (κ2) is 7.94. The van der Waals surface area contributed by atoms with Crippen molar-refractivity contribution in [1.82, 2.24) is 19.5 Å². The third kappa shape index (κ3) is 4.16. The monoisotopic (exact) mass is 435 g/mol. The normalized spacial score (nSPS) is 25.2. The van der Waals surface area contributed by atoms with E-state index < -0.39 is 39.0 Å². The second-order valence-electron chi connectivity index (χ2n) is 8.46. The van der Waals surface area contributed by atoms with Crippen LogP contribution in [-0.2, 0) is 18.7 Å². The molecule has 0 radical (unpaired) electrons. The van der Waals surface area contributed by atoms with E-state index in [-0.39, 0.29) is 35.0 Å². The molecule has 1 aliphatic heterocycles. The van der Waals surface area contributed by atoms with Gasteiger partial charge in [-0.3, -0.25) is 9.36 Å². The van der Waals surface area contributed by atoms with Gasteiger partial charge in [0.15, 0.2) is 31.6 Å². The number of nitrogens with zero attached hydrogens (tertiary/aromatic N) is 4. The van der Waals surface area contributed by atoms with Gasteiger partial charge in [-0.05, 0) is 11.6 Å². The fraction of sp³-hybridized carbons (Fsp3) is 0.579. The van der Waals surface area contributed by atoms with Crippen LogP contribution >= 0.6 is 0 Å². The predicted molar refractivity (Wildman–Crippen MR) is 110 cm³/mol. The molecule has 0 aromatic carbocycles. The molecule has 1 fully saturated rings. The van der Waals surface area contributed by atoms with Crippen LogP contribution in [0.25, 0.3) is 11.2 Å². The minimum Gasteiger partial charge on any atom is -0.458 e. The minimum absolute atomic E-state index is 0.0112. The molecular weight excluding hydrogens is 409 g/mol. The van der Waals surface area contributed by atoms with Gasteiger partial charge in [0.1, 0.15) is 12.3 Å². The quantitative estimate of drug-likeness (QED) is 0.328. The van der Waals surface area contributed by atoms with Crippen LogP contribution in [0, 0.1) is 18.4 Å². The van der Waals surface area contributed by atoms with E-state index in [1.807, 2.05) is 0 Å². The topological polar surface area (TPSA) is 114 Å². The van der Waals surface area contributed by atoms with Crippen LogP contribution in [0.3, 0.4) is 0 Å². The molecule has 0 aliphatic carbocycles. The standard InChI is InChI=1S/C19H26FN5O4Si/c1-7-19(9-27-30(6)18(3,4)5)12(28-11(2)26)8-13(29-19)25-10-22-14-15(21)23-17(20)24-16(14)25/h1,10,12-13,30H,8-9H2,2-6H3,(H2,21,23,24)/t12-,13-,19-,30?/m1/s1. The van der Waals surface area contributed by atoms with Crippen LogP contribution in [0.1, 0.15) is 40.3 Å². The zero-order chi connectivity index (χ0) is 22.3. The van der Waals surface area contributed by atoms with Gasteiger partial charge in [0.05, 0.1) is 12.9 Å². The number of terminal acetylenes is 1. The smallest absolute Gasteiger partial charge is 0.312 e. The van der Waals surface area contributed by atoms with E-state index in [0.717, 1.165) is 0 Å². The number of esters is 1. The lowest BCUT2D eigenvalue weighted by Gasteiger charge is -2.33. The van der Waals surface area contributed by atoms with E-state index in [4.69, 9.17) is 26.1 Å². The number of fused-ring (bicyclic) bond motifs is 1. The molecule has 0 bridgehead atoms. The van der Waals surface area contributed by atoms with Crippen molar-refractivity contribution in [3.05, 3.63) is 12.4 Å². The highest BCUT2D eigenvalue weighted by molar-refractivity contribution is 6.53. The third-order valence-electron chi connectivity index (χ3n) is 5.33. The second-order valence-corrected chi connectivity index (χ2v) is 11.8. The first-order valence-electron chi connectivity index (χ1n) is 9.57. The molecule has 9 nitrogen and oxygen atoms in total. The third-order valence-corrected chi connectivity index (χ3v) is 8.44. The van der Waals surface area contributed by atoms with Gasteiger partial charge in [-0.1, -0.05) is 26.7 Å². The molecular formula is C19H26FN5O4Si. The van der Waals surface area contributed by atoms with E-state index in [1.165, 1.54) is 17.8 Å². The van der Waals surface area contributed by atoms with Crippen molar-refractivity contribution in [3.63, 3.8) is 0 Å². The molecule has 11 heteroatoms. The minimum atomic E-state index is -1.62. The van der Waals surface area contributed by atoms with Crippen molar-refractivity contribution in [2.45, 2.75) is 63.6 Å². The Morgan fingerprint density at radius 1 is 1.53 bits per heavy atom. The number of hydrogen-bond acceptors (Lipinski definition) is 8. The van der Waals surface area contributed by atoms with Crippen LogP contribution in [-0.4, -0.2) is 52.8 Å². The van der Waals surface area contributed by atoms with Crippen molar-refractivity contribution >= 4 is 32.0 Å². The maximum absolute atomic E-state index is 13.7. The summed E-state index contributed by atoms with van der Waals surface area (Å²) in [6.45, 7) is 9.75. The fourth-order valence-electron chi connectivity index (χ4n) is 3.17. The Bertz CT molecular complexity index is 1000. The van der Waals surface area contributed by atoms with Gasteiger partial charge in [0, 0.05) is 13.3 Å². The Balaban J connectivity index is 1.94. The van der Waals surface area contributed by atoms with Crippen molar-refractivity contribution in [2.75, 3.05) is 12.3 Å². The number of anilines is 1. The average molecular weight is 436 g/mol. The first-order valence-corrected chi connectivity index (χ1v) is 11.8. The first-order chi connectivity index (χ1) is 14.0. The van der Waals surface area contributed by atoms with Crippen LogP contribution in [0.5, 0.6) is 0 Å². The molecule has 1 unspecified atom stereocenters. The van der Waals surface area contributed by atoms with Gasteiger partial charge in [0.2, 0.25) is 0 Å². The highest BCUT2D eigenvalue weighted by Crippen LogP contribution is 2.41. The van der Waals surface area contributed by atoms with Gasteiger partial charge >= 0.3 is 12.0 Å². The number of aromatic nitrogens is 4. The molecule has 2 N–H and O–H groups in total. The summed E-state index contributed by atoms with van der Waals surface area (Å²) >= 11 is 0. The summed E-state index contributed by atoms with van der Waals surface area (Å²) in [5, 5.41) is 0.0112. The fourth-order valence-corrected chi connectivity index (χ4v) is 4.17. The van der Waals surface area contributed by atoms with Crippen molar-refractivity contribution in [2.24, 2.45) is 0 Å². The Labute approximate surface area is 175 Å². The summed E-state index contributed by atoms with van der Waals surface area (Å²) in [6.07, 6.45) is 5.04. The summed E-state index contributed by atoms with van der Waals surface area (Å²) in [5.74, 6) is 2.07. The number of hydrogen-bond donors (Lipinski definition) is 1. The van der Waals surface area contributed by atoms with E-state index in [9.17, 15) is 9.18 Å². The molecule has 0 spiro atoms. The van der Waals surface area contributed by atoms with E-state index >= 15 is 0 Å². The highest BCUT2D eigenvalue weighted by atomic mass is 28.3. The number of nitrogen functional groups attached to an aromatic ring is 1. The van der Waals surface area contributed by atoms with Crippen molar-refractivity contribution in [1.29, 1.82) is 0 Å². The SMILES string of the molecule is C#C[C@]1(CO[SiH](C)C(C)(C)C)O[C@@H](n2cnc3c(N)nc(F)nc32)C[C@H]1OC(C)=O.